The SMILES string of the molecule is COC(=O)c1cccn1C1CCN(C(C)C(=O)Nc2ccc(F)cc2Cl)CC1. The second-order valence-corrected chi connectivity index (χ2v) is 7.26. The van der Waals surface area contributed by atoms with Crippen LogP contribution >= 0.6 is 11.6 Å². The summed E-state index contributed by atoms with van der Waals surface area (Å²) in [6.45, 7) is 3.27. The van der Waals surface area contributed by atoms with Crippen molar-refractivity contribution in [3.63, 3.8) is 0 Å². The van der Waals surface area contributed by atoms with Crippen molar-refractivity contribution in [2.75, 3.05) is 25.5 Å². The molecule has 0 radical (unpaired) electrons. The lowest BCUT2D eigenvalue weighted by Gasteiger charge is -2.36. The Hall–Kier alpha value is -2.38. The number of aromatic nitrogens is 1. The first-order valence-corrected chi connectivity index (χ1v) is 9.53. The zero-order chi connectivity index (χ0) is 20.3. The van der Waals surface area contributed by atoms with E-state index in [2.05, 4.69) is 10.2 Å². The number of amides is 1. The van der Waals surface area contributed by atoms with Gasteiger partial charge in [-0.15, -0.1) is 0 Å². The van der Waals surface area contributed by atoms with E-state index in [0.717, 1.165) is 25.9 Å². The summed E-state index contributed by atoms with van der Waals surface area (Å²) in [5, 5.41) is 2.93. The number of rotatable bonds is 5. The van der Waals surface area contributed by atoms with Crippen molar-refractivity contribution in [1.82, 2.24) is 9.47 Å². The smallest absolute Gasteiger partial charge is 0.354 e. The molecule has 1 unspecified atom stereocenters. The molecule has 150 valence electrons. The first-order chi connectivity index (χ1) is 13.4. The fourth-order valence-corrected chi connectivity index (χ4v) is 3.75. The molecular weight excluding hydrogens is 385 g/mol. The fourth-order valence-electron chi connectivity index (χ4n) is 3.53. The Morgan fingerprint density at radius 1 is 1.29 bits per heavy atom. The van der Waals surface area contributed by atoms with Crippen molar-refractivity contribution >= 4 is 29.2 Å². The van der Waals surface area contributed by atoms with Gasteiger partial charge >= 0.3 is 5.97 Å². The van der Waals surface area contributed by atoms with Gasteiger partial charge < -0.3 is 14.6 Å². The molecule has 0 bridgehead atoms. The molecule has 0 spiro atoms. The average Bonchev–Trinajstić information content (AvgIpc) is 3.19. The van der Waals surface area contributed by atoms with Crippen LogP contribution in [0.15, 0.2) is 36.5 Å². The molecule has 1 aliphatic heterocycles. The minimum atomic E-state index is -0.450. The highest BCUT2D eigenvalue weighted by atomic mass is 35.5. The molecule has 1 N–H and O–H groups in total. The minimum Gasteiger partial charge on any atom is -0.464 e. The third-order valence-corrected chi connectivity index (χ3v) is 5.49. The first kappa shape index (κ1) is 20.4. The van der Waals surface area contributed by atoms with Gasteiger partial charge in [0.05, 0.1) is 23.9 Å². The van der Waals surface area contributed by atoms with Gasteiger partial charge in [-0.25, -0.2) is 9.18 Å². The summed E-state index contributed by atoms with van der Waals surface area (Å²) in [5.74, 6) is -0.992. The van der Waals surface area contributed by atoms with Gasteiger partial charge in [0.2, 0.25) is 5.91 Å². The number of anilines is 1. The number of benzene rings is 1. The summed E-state index contributed by atoms with van der Waals surface area (Å²) in [5.41, 5.74) is 0.933. The van der Waals surface area contributed by atoms with E-state index in [1.54, 1.807) is 6.07 Å². The van der Waals surface area contributed by atoms with E-state index in [9.17, 15) is 14.0 Å². The zero-order valence-corrected chi connectivity index (χ0v) is 16.6. The maximum atomic E-state index is 13.2. The van der Waals surface area contributed by atoms with E-state index in [-0.39, 0.29) is 29.0 Å². The molecule has 1 amide bonds. The van der Waals surface area contributed by atoms with Gasteiger partial charge in [-0.3, -0.25) is 9.69 Å². The lowest BCUT2D eigenvalue weighted by molar-refractivity contribution is -0.121. The van der Waals surface area contributed by atoms with Gasteiger partial charge in [-0.05, 0) is 50.1 Å². The summed E-state index contributed by atoms with van der Waals surface area (Å²) in [7, 11) is 1.37. The van der Waals surface area contributed by atoms with Crippen molar-refractivity contribution < 1.29 is 18.7 Å². The number of hydrogen-bond acceptors (Lipinski definition) is 4. The summed E-state index contributed by atoms with van der Waals surface area (Å²) in [6.07, 6.45) is 3.51. The van der Waals surface area contributed by atoms with Crippen molar-refractivity contribution in [3.8, 4) is 0 Å². The number of halogens is 2. The molecular formula is C20H23ClFN3O3. The van der Waals surface area contributed by atoms with Crippen LogP contribution in [0.1, 0.15) is 36.3 Å². The normalized spacial score (nSPS) is 16.6. The number of nitrogens with one attached hydrogen (secondary N) is 1. The van der Waals surface area contributed by atoms with Gasteiger partial charge in [-0.1, -0.05) is 11.6 Å². The minimum absolute atomic E-state index is 0.169. The number of ether oxygens (including phenoxy) is 1. The Balaban J connectivity index is 1.59. The third kappa shape index (κ3) is 4.36. The predicted octanol–water partition coefficient (Wildman–Crippen LogP) is 3.73. The van der Waals surface area contributed by atoms with Crippen LogP contribution in [0.5, 0.6) is 0 Å². The lowest BCUT2D eigenvalue weighted by Crippen LogP contribution is -2.46. The predicted molar refractivity (Wildman–Crippen MR) is 105 cm³/mol. The summed E-state index contributed by atoms with van der Waals surface area (Å²) in [6, 6.07) is 7.29. The van der Waals surface area contributed by atoms with E-state index >= 15 is 0 Å². The molecule has 28 heavy (non-hydrogen) atoms. The molecule has 1 fully saturated rings. The van der Waals surface area contributed by atoms with Crippen LogP contribution in [0.3, 0.4) is 0 Å². The number of carbonyl (C=O) groups is 2. The maximum Gasteiger partial charge on any atom is 0.354 e. The zero-order valence-electron chi connectivity index (χ0n) is 15.8. The molecule has 1 atom stereocenters. The molecule has 1 aromatic carbocycles. The van der Waals surface area contributed by atoms with Crippen molar-refractivity contribution in [2.45, 2.75) is 31.8 Å². The Morgan fingerprint density at radius 3 is 2.64 bits per heavy atom. The van der Waals surface area contributed by atoms with Gasteiger partial charge in [0.1, 0.15) is 11.5 Å². The number of piperidine rings is 1. The highest BCUT2D eigenvalue weighted by Crippen LogP contribution is 2.27. The molecule has 0 aliphatic carbocycles. The van der Waals surface area contributed by atoms with Crippen LogP contribution in [0.25, 0.3) is 0 Å². The highest BCUT2D eigenvalue weighted by molar-refractivity contribution is 6.33. The maximum absolute atomic E-state index is 13.2. The summed E-state index contributed by atoms with van der Waals surface area (Å²) >= 11 is 5.98. The van der Waals surface area contributed by atoms with Crippen LogP contribution in [0, 0.1) is 5.82 Å². The van der Waals surface area contributed by atoms with Gasteiger partial charge in [0, 0.05) is 25.3 Å². The molecule has 1 saturated heterocycles. The Kier molecular flexibility index (Phi) is 6.36. The quantitative estimate of drug-likeness (QED) is 0.767. The Bertz CT molecular complexity index is 862. The fraction of sp³-hybridized carbons (Fsp3) is 0.400. The molecule has 0 saturated carbocycles. The molecule has 6 nitrogen and oxygen atoms in total. The van der Waals surface area contributed by atoms with Crippen molar-refractivity contribution in [1.29, 1.82) is 0 Å². The molecule has 2 aromatic rings. The number of methoxy groups -OCH3 is 1. The molecule has 1 aliphatic rings. The van der Waals surface area contributed by atoms with Crippen molar-refractivity contribution in [2.24, 2.45) is 0 Å². The van der Waals surface area contributed by atoms with Crippen LogP contribution in [-0.4, -0.2) is 47.6 Å². The summed E-state index contributed by atoms with van der Waals surface area (Å²) < 4.78 is 19.9. The lowest BCUT2D eigenvalue weighted by atomic mass is 10.0. The van der Waals surface area contributed by atoms with E-state index in [1.807, 2.05) is 23.8 Å². The number of likely N-dealkylation sites (tertiary alicyclic amines) is 1. The monoisotopic (exact) mass is 407 g/mol. The topological polar surface area (TPSA) is 63.6 Å². The second-order valence-electron chi connectivity index (χ2n) is 6.85. The molecule has 1 aromatic heterocycles. The molecule has 3 rings (SSSR count). The van der Waals surface area contributed by atoms with E-state index in [4.69, 9.17) is 16.3 Å². The van der Waals surface area contributed by atoms with Gasteiger partial charge in [0.25, 0.3) is 0 Å². The van der Waals surface area contributed by atoms with Crippen LogP contribution in [0.2, 0.25) is 5.02 Å². The van der Waals surface area contributed by atoms with Crippen LogP contribution < -0.4 is 5.32 Å². The number of hydrogen-bond donors (Lipinski definition) is 1. The second kappa shape index (κ2) is 8.75. The number of esters is 1. The van der Waals surface area contributed by atoms with E-state index < -0.39 is 5.82 Å². The number of carbonyl (C=O) groups excluding carboxylic acids is 2. The summed E-state index contributed by atoms with van der Waals surface area (Å²) in [4.78, 5) is 26.5. The van der Waals surface area contributed by atoms with E-state index in [0.29, 0.717) is 11.4 Å². The van der Waals surface area contributed by atoms with Gasteiger partial charge in [0.15, 0.2) is 0 Å². The Labute approximate surface area is 168 Å². The van der Waals surface area contributed by atoms with Crippen LogP contribution in [-0.2, 0) is 9.53 Å². The average molecular weight is 408 g/mol. The Morgan fingerprint density at radius 2 is 2.00 bits per heavy atom. The van der Waals surface area contributed by atoms with Crippen molar-refractivity contribution in [3.05, 3.63) is 53.1 Å². The largest absolute Gasteiger partial charge is 0.464 e. The highest BCUT2D eigenvalue weighted by Gasteiger charge is 2.29. The standard InChI is InChI=1S/C20H23ClFN3O3/c1-13(19(26)23-17-6-5-14(22)12-16(17)21)24-10-7-15(8-11-24)25-9-3-4-18(25)20(27)28-2/h3-6,9,12-13,15H,7-8,10-11H2,1-2H3,(H,23,26). The number of nitrogens with zero attached hydrogens (tertiary/aromatic N) is 2. The molecule has 8 heteroatoms. The molecule has 2 heterocycles. The first-order valence-electron chi connectivity index (χ1n) is 9.16. The third-order valence-electron chi connectivity index (χ3n) is 5.18. The van der Waals surface area contributed by atoms with Crippen LogP contribution in [0.4, 0.5) is 10.1 Å². The van der Waals surface area contributed by atoms with Gasteiger partial charge in [-0.2, -0.15) is 0 Å². The van der Waals surface area contributed by atoms with E-state index in [1.165, 1.54) is 25.3 Å².